The summed E-state index contributed by atoms with van der Waals surface area (Å²) in [4.78, 5) is 72.1. The number of hydrogen-bond acceptors (Lipinski definition) is 14. The largest absolute Gasteiger partial charge is 0.477 e. The molecule has 1 aromatic heterocycles. The fourth-order valence-electron chi connectivity index (χ4n) is 5.59. The van der Waals surface area contributed by atoms with Gasteiger partial charge in [0.15, 0.2) is 5.13 Å². The number of likely N-dealkylation sites (tertiary alicyclic amines) is 2. The summed E-state index contributed by atoms with van der Waals surface area (Å²) in [5.41, 5.74) is 5.86. The molecule has 44 heavy (non-hydrogen) atoms. The van der Waals surface area contributed by atoms with Crippen molar-refractivity contribution in [3.63, 3.8) is 0 Å². The van der Waals surface area contributed by atoms with E-state index >= 15 is 0 Å². The van der Waals surface area contributed by atoms with Gasteiger partial charge in [-0.2, -0.15) is 9.36 Å². The van der Waals surface area contributed by atoms with Crippen LogP contribution in [0.2, 0.25) is 0 Å². The predicted octanol–water partition coefficient (Wildman–Crippen LogP) is -0.610. The molecule has 3 saturated heterocycles. The first-order valence-corrected chi connectivity index (χ1v) is 15.5. The van der Waals surface area contributed by atoms with Crippen LogP contribution in [-0.2, 0) is 28.7 Å². The van der Waals surface area contributed by atoms with E-state index in [1.807, 2.05) is 4.90 Å². The molecule has 0 saturated carbocycles. The number of carbonyl (C=O) groups is 5. The number of carboxylic acid groups (broad SMARTS) is 1. The molecule has 3 amide bonds. The van der Waals surface area contributed by atoms with Gasteiger partial charge in [-0.1, -0.05) is 11.7 Å². The Kier molecular flexibility index (Phi) is 9.02. The van der Waals surface area contributed by atoms with Crippen molar-refractivity contribution in [3.8, 4) is 0 Å². The lowest BCUT2D eigenvalue weighted by molar-refractivity contribution is -0.150. The number of amides is 3. The van der Waals surface area contributed by atoms with Crippen LogP contribution in [0.4, 0.5) is 5.13 Å². The summed E-state index contributed by atoms with van der Waals surface area (Å²) in [7, 11) is 0. The van der Waals surface area contributed by atoms with Gasteiger partial charge in [0.2, 0.25) is 17.4 Å². The highest BCUT2D eigenvalue weighted by molar-refractivity contribution is 8.00. The van der Waals surface area contributed by atoms with Gasteiger partial charge in [-0.15, -0.1) is 11.8 Å². The lowest BCUT2D eigenvalue weighted by Gasteiger charge is -2.49. The molecule has 16 nitrogen and oxygen atoms in total. The Morgan fingerprint density at radius 1 is 1.30 bits per heavy atom. The predicted molar refractivity (Wildman–Crippen MR) is 157 cm³/mol. The number of nitrogens with one attached hydrogen (secondary N) is 1. The Bertz CT molecular complexity index is 1520. The van der Waals surface area contributed by atoms with E-state index in [0.717, 1.165) is 22.9 Å². The second-order valence-electron chi connectivity index (χ2n) is 10.4. The first-order chi connectivity index (χ1) is 21.0. The molecule has 0 aromatic carbocycles. The number of oxime groups is 1. The number of thioether (sulfide) groups is 1. The van der Waals surface area contributed by atoms with Crippen molar-refractivity contribution in [2.75, 3.05) is 44.3 Å². The zero-order valence-electron chi connectivity index (χ0n) is 23.6. The normalized spacial score (nSPS) is 24.9. The van der Waals surface area contributed by atoms with Crippen molar-refractivity contribution >= 4 is 63.8 Å². The van der Waals surface area contributed by atoms with E-state index in [9.17, 15) is 34.3 Å². The standard InChI is InChI=1S/C26H30N8O8S2/c1-3-42-25(40)12(2)9-32-6-5-15(10-32)33-7-4-13(21(33)36)8-14-11-43-23-17(22(37)34(23)18(14)24(38)39)28-20(35)16(30-41)19-29-26(27)44-31-19/h8,15,17,23,41H,2-7,9-11H2,1H3,(H,28,35)(H,38,39)(H2,27,29,31)/b13-8+,30-16-/t15-,17-,23-/m1/s1. The number of hydrogen-bond donors (Lipinski definition) is 4. The molecular formula is C26H30N8O8S2. The Morgan fingerprint density at radius 2 is 2.07 bits per heavy atom. The Morgan fingerprint density at radius 3 is 2.73 bits per heavy atom. The number of carboxylic acids is 1. The van der Waals surface area contributed by atoms with Crippen LogP contribution in [0.15, 0.2) is 40.2 Å². The SMILES string of the molecule is C=C(CN1CC[C@@H](N2CC/C(=C\C3=C(C(=O)O)N4C(=O)[C@@H](NC(=O)/C(=N\O)c5nsc(N)n5)[C@H]4SC3)C2=O)C1)C(=O)OCC. The third-order valence-corrected chi connectivity index (χ3v) is 9.47. The monoisotopic (exact) mass is 646 g/mol. The van der Waals surface area contributed by atoms with Crippen LogP contribution in [-0.4, -0.2) is 126 Å². The summed E-state index contributed by atoms with van der Waals surface area (Å²) in [5, 5.41) is 24.0. The number of β-lactam (4-membered cyclic amide) rings is 1. The number of esters is 1. The molecule has 0 bridgehead atoms. The number of aliphatic carboxylic acids is 1. The molecule has 5 rings (SSSR count). The van der Waals surface area contributed by atoms with Crippen LogP contribution >= 0.6 is 23.3 Å². The Hall–Kier alpha value is -4.29. The van der Waals surface area contributed by atoms with Crippen LogP contribution < -0.4 is 11.1 Å². The van der Waals surface area contributed by atoms with E-state index in [2.05, 4.69) is 26.4 Å². The molecule has 18 heteroatoms. The number of fused-ring (bicyclic) bond motifs is 1. The molecular weight excluding hydrogens is 616 g/mol. The summed E-state index contributed by atoms with van der Waals surface area (Å²) in [6, 6.07) is -1.15. The highest BCUT2D eigenvalue weighted by Gasteiger charge is 2.54. The molecule has 4 aliphatic rings. The van der Waals surface area contributed by atoms with Crippen molar-refractivity contribution in [3.05, 3.63) is 40.9 Å². The molecule has 5 heterocycles. The second kappa shape index (κ2) is 12.7. The van der Waals surface area contributed by atoms with E-state index in [4.69, 9.17) is 10.5 Å². The van der Waals surface area contributed by atoms with Crippen LogP contribution in [0, 0.1) is 0 Å². The molecule has 5 N–H and O–H groups in total. The number of nitrogen functional groups attached to an aromatic ring is 1. The Balaban J connectivity index is 1.25. The van der Waals surface area contributed by atoms with E-state index < -0.39 is 40.9 Å². The van der Waals surface area contributed by atoms with Crippen molar-refractivity contribution in [1.82, 2.24) is 29.4 Å². The minimum atomic E-state index is -1.34. The molecule has 0 radical (unpaired) electrons. The minimum absolute atomic E-state index is 0.0481. The number of nitrogens with zero attached hydrogens (tertiary/aromatic N) is 6. The van der Waals surface area contributed by atoms with Gasteiger partial charge >= 0.3 is 11.9 Å². The van der Waals surface area contributed by atoms with E-state index in [0.29, 0.717) is 49.3 Å². The highest BCUT2D eigenvalue weighted by Crippen LogP contribution is 2.41. The van der Waals surface area contributed by atoms with Gasteiger partial charge < -0.3 is 31.0 Å². The van der Waals surface area contributed by atoms with Crippen molar-refractivity contribution < 1.29 is 39.0 Å². The van der Waals surface area contributed by atoms with Crippen LogP contribution in [0.25, 0.3) is 0 Å². The zero-order chi connectivity index (χ0) is 31.7. The van der Waals surface area contributed by atoms with Gasteiger partial charge in [-0.3, -0.25) is 24.2 Å². The molecule has 234 valence electrons. The molecule has 0 spiro atoms. The van der Waals surface area contributed by atoms with Gasteiger partial charge in [0.25, 0.3) is 11.8 Å². The summed E-state index contributed by atoms with van der Waals surface area (Å²) in [6.45, 7) is 7.88. The van der Waals surface area contributed by atoms with E-state index in [-0.39, 0.29) is 41.0 Å². The maximum atomic E-state index is 13.4. The maximum Gasteiger partial charge on any atom is 0.352 e. The number of anilines is 1. The number of nitrogens with two attached hydrogens (primary N) is 1. The van der Waals surface area contributed by atoms with Gasteiger partial charge in [0, 0.05) is 60.7 Å². The number of carbonyl (C=O) groups excluding carboxylic acids is 4. The lowest BCUT2D eigenvalue weighted by atomic mass is 10.0. The van der Waals surface area contributed by atoms with Crippen molar-refractivity contribution in [2.45, 2.75) is 37.2 Å². The Labute approximate surface area is 259 Å². The highest BCUT2D eigenvalue weighted by atomic mass is 32.2. The summed E-state index contributed by atoms with van der Waals surface area (Å²) in [5.74, 6) is -3.60. The minimum Gasteiger partial charge on any atom is -0.477 e. The summed E-state index contributed by atoms with van der Waals surface area (Å²) < 4.78 is 8.82. The van der Waals surface area contributed by atoms with E-state index in [1.54, 1.807) is 17.9 Å². The molecule has 1 aromatic rings. The first kappa shape index (κ1) is 31.1. The second-order valence-corrected chi connectivity index (χ2v) is 12.3. The summed E-state index contributed by atoms with van der Waals surface area (Å²) in [6.07, 6.45) is 2.69. The van der Waals surface area contributed by atoms with Crippen LogP contribution in [0.5, 0.6) is 0 Å². The third-order valence-electron chi connectivity index (χ3n) is 7.63. The average molecular weight is 647 g/mol. The average Bonchev–Trinajstić information content (AvgIpc) is 3.72. The smallest absolute Gasteiger partial charge is 0.352 e. The summed E-state index contributed by atoms with van der Waals surface area (Å²) >= 11 is 2.03. The molecule has 3 fully saturated rings. The number of allylic oxidation sites excluding steroid dienone is 1. The topological polar surface area (TPSA) is 221 Å². The van der Waals surface area contributed by atoms with Gasteiger partial charge in [0.1, 0.15) is 17.1 Å². The first-order valence-electron chi connectivity index (χ1n) is 13.7. The molecule has 3 atom stereocenters. The lowest BCUT2D eigenvalue weighted by Crippen LogP contribution is -2.71. The fraction of sp³-hybridized carbons (Fsp3) is 0.462. The third kappa shape index (κ3) is 5.91. The zero-order valence-corrected chi connectivity index (χ0v) is 25.2. The van der Waals surface area contributed by atoms with Gasteiger partial charge in [-0.25, -0.2) is 9.59 Å². The number of aromatic nitrogens is 2. The molecule has 4 aliphatic heterocycles. The van der Waals surface area contributed by atoms with Crippen LogP contribution in [0.3, 0.4) is 0 Å². The van der Waals surface area contributed by atoms with Crippen molar-refractivity contribution in [2.24, 2.45) is 5.16 Å². The van der Waals surface area contributed by atoms with Crippen molar-refractivity contribution in [1.29, 1.82) is 0 Å². The van der Waals surface area contributed by atoms with Gasteiger partial charge in [0.05, 0.1) is 6.61 Å². The van der Waals surface area contributed by atoms with Gasteiger partial charge in [-0.05, 0) is 31.4 Å². The quantitative estimate of drug-likeness (QED) is 0.0623. The number of ether oxygens (including phenoxy) is 1. The number of rotatable bonds is 10. The molecule has 0 unspecified atom stereocenters. The van der Waals surface area contributed by atoms with Crippen LogP contribution in [0.1, 0.15) is 25.6 Å². The maximum absolute atomic E-state index is 13.4. The fourth-order valence-corrected chi connectivity index (χ4v) is 7.33. The van der Waals surface area contributed by atoms with E-state index in [1.165, 1.54) is 11.8 Å². The molecule has 0 aliphatic carbocycles.